The predicted molar refractivity (Wildman–Crippen MR) is 68.9 cm³/mol. The Morgan fingerprint density at radius 3 is 3.00 bits per heavy atom. The van der Waals surface area contributed by atoms with Gasteiger partial charge in [0.05, 0.1) is 11.8 Å². The van der Waals surface area contributed by atoms with E-state index in [2.05, 4.69) is 5.32 Å². The monoisotopic (exact) mass is 256 g/mol. The van der Waals surface area contributed by atoms with Crippen LogP contribution in [0.2, 0.25) is 0 Å². The summed E-state index contributed by atoms with van der Waals surface area (Å²) >= 11 is 0. The molecule has 5 heteroatoms. The molecule has 0 saturated carbocycles. The van der Waals surface area contributed by atoms with Gasteiger partial charge in [-0.05, 0) is 25.1 Å². The number of ether oxygens (including phenoxy) is 1. The van der Waals surface area contributed by atoms with Gasteiger partial charge in [-0.3, -0.25) is 4.79 Å². The van der Waals surface area contributed by atoms with E-state index < -0.39 is 0 Å². The van der Waals surface area contributed by atoms with Crippen LogP contribution in [-0.4, -0.2) is 12.5 Å². The van der Waals surface area contributed by atoms with Crippen molar-refractivity contribution in [3.63, 3.8) is 0 Å². The van der Waals surface area contributed by atoms with Gasteiger partial charge in [0.1, 0.15) is 17.6 Å². The molecule has 1 heterocycles. The fourth-order valence-corrected chi connectivity index (χ4v) is 1.60. The molecule has 1 amide bonds. The Hall–Kier alpha value is -2.74. The summed E-state index contributed by atoms with van der Waals surface area (Å²) in [5.41, 5.74) is 1.09. The minimum Gasteiger partial charge on any atom is -0.479 e. The van der Waals surface area contributed by atoms with Crippen molar-refractivity contribution >= 4 is 11.6 Å². The van der Waals surface area contributed by atoms with Gasteiger partial charge in [-0.2, -0.15) is 5.26 Å². The summed E-state index contributed by atoms with van der Waals surface area (Å²) in [7, 11) is 0. The van der Waals surface area contributed by atoms with Crippen molar-refractivity contribution < 1.29 is 13.9 Å². The Morgan fingerprint density at radius 2 is 2.32 bits per heavy atom. The van der Waals surface area contributed by atoms with Crippen LogP contribution in [0, 0.1) is 18.3 Å². The van der Waals surface area contributed by atoms with Crippen molar-refractivity contribution in [1.29, 1.82) is 5.26 Å². The van der Waals surface area contributed by atoms with Crippen LogP contribution in [-0.2, 0) is 0 Å². The first-order chi connectivity index (χ1) is 9.20. The molecule has 0 radical (unpaired) electrons. The first kappa shape index (κ1) is 12.7. The van der Waals surface area contributed by atoms with Crippen molar-refractivity contribution in [2.45, 2.75) is 6.92 Å². The molecule has 1 aromatic heterocycles. The Balaban J connectivity index is 2.09. The van der Waals surface area contributed by atoms with E-state index in [0.717, 1.165) is 0 Å². The summed E-state index contributed by atoms with van der Waals surface area (Å²) in [6.45, 7) is 1.69. The van der Waals surface area contributed by atoms with Crippen LogP contribution in [0.1, 0.15) is 16.1 Å². The maximum absolute atomic E-state index is 12.0. The zero-order valence-electron chi connectivity index (χ0n) is 10.3. The molecule has 0 unspecified atom stereocenters. The highest BCUT2D eigenvalue weighted by Gasteiger charge is 2.11. The molecule has 0 fully saturated rings. The molecular weight excluding hydrogens is 244 g/mol. The Labute approximate surface area is 110 Å². The summed E-state index contributed by atoms with van der Waals surface area (Å²) in [6, 6.07) is 10.4. The van der Waals surface area contributed by atoms with E-state index in [1.807, 2.05) is 6.07 Å². The lowest BCUT2D eigenvalue weighted by molar-refractivity contribution is 0.102. The fraction of sp³-hybridized carbons (Fsp3) is 0.143. The Kier molecular flexibility index (Phi) is 3.84. The van der Waals surface area contributed by atoms with Gasteiger partial charge in [-0.25, -0.2) is 0 Å². The molecule has 2 rings (SSSR count). The standard InChI is InChI=1S/C14H12N2O3/c1-10-13(5-7-18-10)14(17)16-11-3-2-4-12(9-11)19-8-6-15/h2-5,7,9H,8H2,1H3,(H,16,17). The number of nitrogens with zero attached hydrogens (tertiary/aromatic N) is 1. The molecule has 0 aliphatic rings. The summed E-state index contributed by atoms with van der Waals surface area (Å²) in [4.78, 5) is 12.0. The van der Waals surface area contributed by atoms with Crippen molar-refractivity contribution in [2.75, 3.05) is 11.9 Å². The first-order valence-corrected chi connectivity index (χ1v) is 5.66. The Morgan fingerprint density at radius 1 is 1.47 bits per heavy atom. The van der Waals surface area contributed by atoms with Gasteiger partial charge < -0.3 is 14.5 Å². The molecule has 0 saturated heterocycles. The largest absolute Gasteiger partial charge is 0.479 e. The van der Waals surface area contributed by atoms with Crippen LogP contribution in [0.3, 0.4) is 0 Å². The minimum absolute atomic E-state index is 0.0295. The highest BCUT2D eigenvalue weighted by molar-refractivity contribution is 6.04. The fourth-order valence-electron chi connectivity index (χ4n) is 1.60. The molecule has 0 atom stereocenters. The number of nitrogens with one attached hydrogen (secondary N) is 1. The number of benzene rings is 1. The SMILES string of the molecule is Cc1occc1C(=O)Nc1cccc(OCC#N)c1. The number of aryl methyl sites for hydroxylation is 1. The molecule has 0 aliphatic heterocycles. The number of nitriles is 1. The van der Waals surface area contributed by atoms with Crippen molar-refractivity contribution in [2.24, 2.45) is 0 Å². The van der Waals surface area contributed by atoms with Gasteiger partial charge in [0.15, 0.2) is 6.61 Å². The molecule has 2 aromatic rings. The van der Waals surface area contributed by atoms with Crippen LogP contribution < -0.4 is 10.1 Å². The smallest absolute Gasteiger partial charge is 0.259 e. The zero-order chi connectivity index (χ0) is 13.7. The highest BCUT2D eigenvalue weighted by atomic mass is 16.5. The van der Waals surface area contributed by atoms with E-state index in [1.165, 1.54) is 6.26 Å². The quantitative estimate of drug-likeness (QED) is 0.912. The minimum atomic E-state index is -0.247. The molecule has 0 aliphatic carbocycles. The van der Waals surface area contributed by atoms with Gasteiger partial charge in [0.2, 0.25) is 0 Å². The number of furan rings is 1. The van der Waals surface area contributed by atoms with E-state index in [0.29, 0.717) is 22.8 Å². The molecule has 0 spiro atoms. The predicted octanol–water partition coefficient (Wildman–Crippen LogP) is 2.74. The van der Waals surface area contributed by atoms with Crippen molar-refractivity contribution in [1.82, 2.24) is 0 Å². The van der Waals surface area contributed by atoms with Crippen LogP contribution >= 0.6 is 0 Å². The van der Waals surface area contributed by atoms with E-state index in [9.17, 15) is 4.79 Å². The topological polar surface area (TPSA) is 75.3 Å². The number of carbonyl (C=O) groups excluding carboxylic acids is 1. The summed E-state index contributed by atoms with van der Waals surface area (Å²) < 4.78 is 10.2. The molecule has 96 valence electrons. The number of hydrogen-bond donors (Lipinski definition) is 1. The average molecular weight is 256 g/mol. The van der Waals surface area contributed by atoms with Gasteiger partial charge in [0, 0.05) is 11.8 Å². The number of carbonyl (C=O) groups is 1. The molecule has 1 aromatic carbocycles. The second-order valence-electron chi connectivity index (χ2n) is 3.82. The third-order valence-electron chi connectivity index (χ3n) is 2.50. The van der Waals surface area contributed by atoms with E-state index in [1.54, 1.807) is 37.3 Å². The van der Waals surface area contributed by atoms with E-state index in [-0.39, 0.29) is 12.5 Å². The molecule has 1 N–H and O–H groups in total. The third kappa shape index (κ3) is 3.13. The van der Waals surface area contributed by atoms with Crippen molar-refractivity contribution in [3.8, 4) is 11.8 Å². The lowest BCUT2D eigenvalue weighted by Gasteiger charge is -2.06. The molecule has 19 heavy (non-hydrogen) atoms. The maximum Gasteiger partial charge on any atom is 0.259 e. The van der Waals surface area contributed by atoms with E-state index >= 15 is 0 Å². The van der Waals surface area contributed by atoms with Gasteiger partial charge >= 0.3 is 0 Å². The number of anilines is 1. The second-order valence-corrected chi connectivity index (χ2v) is 3.82. The number of amides is 1. The third-order valence-corrected chi connectivity index (χ3v) is 2.50. The van der Waals surface area contributed by atoms with Gasteiger partial charge in [0.25, 0.3) is 5.91 Å². The average Bonchev–Trinajstić information content (AvgIpc) is 2.83. The maximum atomic E-state index is 12.0. The van der Waals surface area contributed by atoms with Crippen LogP contribution in [0.5, 0.6) is 5.75 Å². The van der Waals surface area contributed by atoms with Crippen molar-refractivity contribution in [3.05, 3.63) is 47.9 Å². The molecular formula is C14H12N2O3. The van der Waals surface area contributed by atoms with Crippen LogP contribution in [0.25, 0.3) is 0 Å². The van der Waals surface area contributed by atoms with Gasteiger partial charge in [-0.15, -0.1) is 0 Å². The van der Waals surface area contributed by atoms with Crippen LogP contribution in [0.4, 0.5) is 5.69 Å². The first-order valence-electron chi connectivity index (χ1n) is 5.66. The summed E-state index contributed by atoms with van der Waals surface area (Å²) in [5.74, 6) is 0.848. The highest BCUT2D eigenvalue weighted by Crippen LogP contribution is 2.19. The lowest BCUT2D eigenvalue weighted by atomic mass is 10.2. The summed E-state index contributed by atoms with van der Waals surface area (Å²) in [6.07, 6.45) is 1.47. The molecule has 0 bridgehead atoms. The van der Waals surface area contributed by atoms with Gasteiger partial charge in [-0.1, -0.05) is 6.07 Å². The second kappa shape index (κ2) is 5.74. The number of rotatable bonds is 4. The normalized spacial score (nSPS) is 9.68. The zero-order valence-corrected chi connectivity index (χ0v) is 10.3. The lowest BCUT2D eigenvalue weighted by Crippen LogP contribution is -2.12. The molecule has 5 nitrogen and oxygen atoms in total. The van der Waals surface area contributed by atoms with Crippen LogP contribution in [0.15, 0.2) is 41.0 Å². The summed E-state index contributed by atoms with van der Waals surface area (Å²) in [5, 5.41) is 11.2. The number of hydrogen-bond acceptors (Lipinski definition) is 4. The van der Waals surface area contributed by atoms with E-state index in [4.69, 9.17) is 14.4 Å². The Bertz CT molecular complexity index is 626.